The van der Waals surface area contributed by atoms with E-state index in [1.165, 1.54) is 0 Å². The van der Waals surface area contributed by atoms with E-state index in [4.69, 9.17) is 20.3 Å². The average Bonchev–Trinajstić information content (AvgIpc) is 2.49. The molecule has 3 N–H and O–H groups in total. The Hall–Kier alpha value is -2.21. The van der Waals surface area contributed by atoms with Gasteiger partial charge in [-0.05, 0) is 37.1 Å². The van der Waals surface area contributed by atoms with Crippen molar-refractivity contribution >= 4 is 28.6 Å². The number of rotatable bonds is 8. The third kappa shape index (κ3) is 6.61. The van der Waals surface area contributed by atoms with Gasteiger partial charge in [-0.15, -0.1) is 17.0 Å². The van der Waals surface area contributed by atoms with Crippen LogP contribution in [-0.4, -0.2) is 17.7 Å². The van der Waals surface area contributed by atoms with Crippen molar-refractivity contribution in [1.29, 1.82) is 0 Å². The molecule has 23 heavy (non-hydrogen) atoms. The minimum Gasteiger partial charge on any atom is -0.491 e. The fourth-order valence-corrected chi connectivity index (χ4v) is 1.91. The van der Waals surface area contributed by atoms with Gasteiger partial charge >= 0.3 is 5.97 Å². The lowest BCUT2D eigenvalue weighted by molar-refractivity contribution is -0.137. The highest BCUT2D eigenvalue weighted by Crippen LogP contribution is 2.29. The van der Waals surface area contributed by atoms with Crippen molar-refractivity contribution in [3.05, 3.63) is 48.5 Å². The van der Waals surface area contributed by atoms with Crippen molar-refractivity contribution in [1.82, 2.24) is 0 Å². The van der Waals surface area contributed by atoms with Crippen molar-refractivity contribution in [3.63, 3.8) is 0 Å². The molecule has 0 amide bonds. The topological polar surface area (TPSA) is 81.8 Å². The molecule has 0 bridgehead atoms. The lowest BCUT2D eigenvalue weighted by atomic mass is 10.2. The van der Waals surface area contributed by atoms with Gasteiger partial charge in [0.1, 0.15) is 17.2 Å². The second kappa shape index (κ2) is 9.74. The van der Waals surface area contributed by atoms with E-state index in [1.54, 1.807) is 18.2 Å². The molecule has 2 rings (SSSR count). The van der Waals surface area contributed by atoms with Gasteiger partial charge < -0.3 is 20.3 Å². The highest BCUT2D eigenvalue weighted by molar-refractivity contribution is 8.93. The maximum absolute atomic E-state index is 10.4. The molecule has 0 aliphatic carbocycles. The molecule has 2 aromatic rings. The van der Waals surface area contributed by atoms with Gasteiger partial charge in [-0.3, -0.25) is 4.79 Å². The van der Waals surface area contributed by atoms with Crippen LogP contribution in [0.5, 0.6) is 17.2 Å². The number of carboxylic acid groups (broad SMARTS) is 1. The number of hydrogen-bond acceptors (Lipinski definition) is 4. The standard InChI is InChI=1S/C17H19NO4.BrH/c18-15-12-14(22-13-6-2-1-3-7-13)9-10-16(15)21-11-5-4-8-17(19)20;/h1-3,6-7,9-10,12H,4-5,8,11,18H2,(H,19,20);1H. The summed E-state index contributed by atoms with van der Waals surface area (Å²) in [7, 11) is 0. The molecule has 0 heterocycles. The smallest absolute Gasteiger partial charge is 0.303 e. The number of nitrogens with two attached hydrogens (primary N) is 1. The average molecular weight is 382 g/mol. The Morgan fingerprint density at radius 2 is 1.78 bits per heavy atom. The number of aliphatic carboxylic acids is 1. The van der Waals surface area contributed by atoms with Crippen LogP contribution in [0.15, 0.2) is 48.5 Å². The Morgan fingerprint density at radius 1 is 1.04 bits per heavy atom. The van der Waals surface area contributed by atoms with Gasteiger partial charge in [-0.2, -0.15) is 0 Å². The molecule has 0 saturated heterocycles. The number of unbranched alkanes of at least 4 members (excludes halogenated alkanes) is 1. The summed E-state index contributed by atoms with van der Waals surface area (Å²) < 4.78 is 11.2. The van der Waals surface area contributed by atoms with E-state index in [-0.39, 0.29) is 23.4 Å². The van der Waals surface area contributed by atoms with Crippen LogP contribution in [0.1, 0.15) is 19.3 Å². The summed E-state index contributed by atoms with van der Waals surface area (Å²) in [5, 5.41) is 8.55. The Kier molecular flexibility index (Phi) is 7.97. The third-order valence-electron chi connectivity index (χ3n) is 3.00. The summed E-state index contributed by atoms with van der Waals surface area (Å²) in [6.45, 7) is 0.441. The molecule has 0 spiro atoms. The Balaban J connectivity index is 0.00000264. The lowest BCUT2D eigenvalue weighted by Gasteiger charge is -2.11. The zero-order valence-electron chi connectivity index (χ0n) is 12.6. The number of halogens is 1. The maximum atomic E-state index is 10.4. The SMILES string of the molecule is Br.Nc1cc(Oc2ccccc2)ccc1OCCCCC(=O)O. The van der Waals surface area contributed by atoms with Crippen LogP contribution >= 0.6 is 17.0 Å². The van der Waals surface area contributed by atoms with Gasteiger partial charge in [0.2, 0.25) is 0 Å². The molecule has 0 unspecified atom stereocenters. The highest BCUT2D eigenvalue weighted by atomic mass is 79.9. The van der Waals surface area contributed by atoms with Crippen molar-refractivity contribution in [2.75, 3.05) is 12.3 Å². The van der Waals surface area contributed by atoms with Crippen LogP contribution in [0.4, 0.5) is 5.69 Å². The second-order valence-electron chi connectivity index (χ2n) is 4.81. The molecule has 0 saturated carbocycles. The molecule has 0 atom stereocenters. The van der Waals surface area contributed by atoms with Crippen LogP contribution in [-0.2, 0) is 4.79 Å². The van der Waals surface area contributed by atoms with Gasteiger partial charge in [0.25, 0.3) is 0 Å². The Bertz CT molecular complexity index is 619. The first-order valence-corrected chi connectivity index (χ1v) is 7.12. The monoisotopic (exact) mass is 381 g/mol. The number of nitrogen functional groups attached to an aromatic ring is 1. The van der Waals surface area contributed by atoms with Gasteiger partial charge in [0.05, 0.1) is 12.3 Å². The molecule has 124 valence electrons. The minimum absolute atomic E-state index is 0. The maximum Gasteiger partial charge on any atom is 0.303 e. The predicted molar refractivity (Wildman–Crippen MR) is 94.7 cm³/mol. The van der Waals surface area contributed by atoms with E-state index in [9.17, 15) is 4.79 Å². The molecule has 0 aliphatic rings. The molecule has 6 heteroatoms. The summed E-state index contributed by atoms with van der Waals surface area (Å²) in [6.07, 6.45) is 1.42. The molecule has 0 aromatic heterocycles. The Labute approximate surface area is 145 Å². The summed E-state index contributed by atoms with van der Waals surface area (Å²) in [6, 6.07) is 14.7. The third-order valence-corrected chi connectivity index (χ3v) is 3.00. The number of para-hydroxylation sites is 1. The van der Waals surface area contributed by atoms with Crippen molar-refractivity contribution < 1.29 is 19.4 Å². The van der Waals surface area contributed by atoms with Crippen molar-refractivity contribution in [2.45, 2.75) is 19.3 Å². The van der Waals surface area contributed by atoms with E-state index in [0.29, 0.717) is 36.6 Å². The molecule has 0 aliphatic heterocycles. The minimum atomic E-state index is -0.790. The van der Waals surface area contributed by atoms with Crippen LogP contribution in [0, 0.1) is 0 Å². The van der Waals surface area contributed by atoms with E-state index < -0.39 is 5.97 Å². The molecule has 0 fully saturated rings. The second-order valence-corrected chi connectivity index (χ2v) is 4.81. The van der Waals surface area contributed by atoms with Crippen LogP contribution in [0.2, 0.25) is 0 Å². The first-order valence-electron chi connectivity index (χ1n) is 7.12. The van der Waals surface area contributed by atoms with Gasteiger partial charge in [0, 0.05) is 12.5 Å². The van der Waals surface area contributed by atoms with Gasteiger partial charge in [-0.1, -0.05) is 18.2 Å². The normalized spacial score (nSPS) is 9.74. The first-order chi connectivity index (χ1) is 10.6. The van der Waals surface area contributed by atoms with Crippen LogP contribution < -0.4 is 15.2 Å². The number of anilines is 1. The van der Waals surface area contributed by atoms with E-state index in [1.807, 2.05) is 30.3 Å². The number of ether oxygens (including phenoxy) is 2. The van der Waals surface area contributed by atoms with Crippen molar-refractivity contribution in [3.8, 4) is 17.2 Å². The largest absolute Gasteiger partial charge is 0.491 e. The first kappa shape index (κ1) is 18.8. The summed E-state index contributed by atoms with van der Waals surface area (Å²) >= 11 is 0. The van der Waals surface area contributed by atoms with Crippen LogP contribution in [0.3, 0.4) is 0 Å². The zero-order chi connectivity index (χ0) is 15.8. The summed E-state index contributed by atoms with van der Waals surface area (Å²) in [5.41, 5.74) is 6.43. The fraction of sp³-hybridized carbons (Fsp3) is 0.235. The number of benzene rings is 2. The lowest BCUT2D eigenvalue weighted by Crippen LogP contribution is -2.02. The van der Waals surface area contributed by atoms with E-state index >= 15 is 0 Å². The van der Waals surface area contributed by atoms with Gasteiger partial charge in [0.15, 0.2) is 0 Å². The van der Waals surface area contributed by atoms with E-state index in [2.05, 4.69) is 0 Å². The highest BCUT2D eigenvalue weighted by Gasteiger charge is 2.04. The number of carboxylic acids is 1. The van der Waals surface area contributed by atoms with Gasteiger partial charge in [-0.25, -0.2) is 0 Å². The van der Waals surface area contributed by atoms with E-state index in [0.717, 1.165) is 5.75 Å². The number of carbonyl (C=O) groups is 1. The molecular formula is C17H20BrNO4. The Morgan fingerprint density at radius 3 is 2.43 bits per heavy atom. The molecular weight excluding hydrogens is 362 g/mol. The molecule has 2 aromatic carbocycles. The van der Waals surface area contributed by atoms with Crippen molar-refractivity contribution in [2.24, 2.45) is 0 Å². The predicted octanol–water partition coefficient (Wildman–Crippen LogP) is 4.27. The summed E-state index contributed by atoms with van der Waals surface area (Å²) in [4.78, 5) is 10.4. The van der Waals surface area contributed by atoms with Crippen LogP contribution in [0.25, 0.3) is 0 Å². The number of hydrogen-bond donors (Lipinski definition) is 2. The summed E-state index contributed by atoms with van der Waals surface area (Å²) in [5.74, 6) is 1.17. The quantitative estimate of drug-likeness (QED) is 0.526. The molecule has 5 nitrogen and oxygen atoms in total. The fourth-order valence-electron chi connectivity index (χ4n) is 1.91. The molecule has 0 radical (unpaired) electrons. The zero-order valence-corrected chi connectivity index (χ0v) is 14.3.